The molecule has 0 unspecified atom stereocenters. The minimum absolute atomic E-state index is 0.0796. The molecule has 0 aromatic heterocycles. The van der Waals surface area contributed by atoms with Crippen molar-refractivity contribution >= 4 is 5.91 Å². The van der Waals surface area contributed by atoms with Gasteiger partial charge in [0.2, 0.25) is 5.91 Å². The highest BCUT2D eigenvalue weighted by atomic mass is 16.2. The average Bonchev–Trinajstić information content (AvgIpc) is 1.89. The van der Waals surface area contributed by atoms with Gasteiger partial charge in [0.15, 0.2) is 0 Å². The lowest BCUT2D eigenvalue weighted by Gasteiger charge is -2.03. The first-order chi connectivity index (χ1) is 4.81. The molecule has 10 heavy (non-hydrogen) atoms. The third kappa shape index (κ3) is 5.56. The van der Waals surface area contributed by atoms with Crippen LogP contribution in [0.5, 0.6) is 0 Å². The number of rotatable bonds is 5. The van der Waals surface area contributed by atoms with Gasteiger partial charge in [-0.3, -0.25) is 10.2 Å². The van der Waals surface area contributed by atoms with Gasteiger partial charge >= 0.3 is 0 Å². The molecule has 0 aliphatic carbocycles. The fourth-order valence-electron chi connectivity index (χ4n) is 0.576. The molecule has 3 nitrogen and oxygen atoms in total. The number of nitrogens with one attached hydrogen (secondary N) is 2. The van der Waals surface area contributed by atoms with Gasteiger partial charge in [0.1, 0.15) is 0 Å². The van der Waals surface area contributed by atoms with Crippen LogP contribution in [-0.4, -0.2) is 12.5 Å². The monoisotopic (exact) mass is 144 g/mol. The summed E-state index contributed by atoms with van der Waals surface area (Å²) in [5.41, 5.74) is 5.42. The maximum absolute atomic E-state index is 10.7. The Morgan fingerprint density at radius 2 is 2.00 bits per heavy atom. The predicted molar refractivity (Wildman–Crippen MR) is 41.3 cm³/mol. The van der Waals surface area contributed by atoms with Crippen LogP contribution in [0, 0.1) is 0 Å². The van der Waals surface area contributed by atoms with E-state index in [4.69, 9.17) is 0 Å². The summed E-state index contributed by atoms with van der Waals surface area (Å²) in [6.45, 7) is 4.88. The summed E-state index contributed by atoms with van der Waals surface area (Å²) in [5.74, 6) is 0.0796. The Balaban J connectivity index is 3.05. The van der Waals surface area contributed by atoms with Gasteiger partial charge in [0.05, 0.1) is 0 Å². The second-order valence-corrected chi connectivity index (χ2v) is 2.22. The van der Waals surface area contributed by atoms with E-state index in [9.17, 15) is 4.79 Å². The molecule has 0 atom stereocenters. The standard InChI is InChI=1S/C7H16N2O/c1-3-5-7(10)9-8-6-4-2/h8H,3-6H2,1-2H3,(H,9,10). The van der Waals surface area contributed by atoms with Crippen LogP contribution in [-0.2, 0) is 4.79 Å². The van der Waals surface area contributed by atoms with Crippen molar-refractivity contribution in [2.75, 3.05) is 6.54 Å². The quantitative estimate of drug-likeness (QED) is 0.443. The number of hydrogen-bond donors (Lipinski definition) is 2. The number of amides is 1. The first-order valence-corrected chi connectivity index (χ1v) is 3.83. The smallest absolute Gasteiger partial charge is 0.234 e. The van der Waals surface area contributed by atoms with E-state index in [2.05, 4.69) is 17.8 Å². The van der Waals surface area contributed by atoms with Crippen LogP contribution < -0.4 is 10.9 Å². The Morgan fingerprint density at radius 3 is 2.50 bits per heavy atom. The minimum Gasteiger partial charge on any atom is -0.292 e. The Labute approximate surface area is 62.2 Å². The fourth-order valence-corrected chi connectivity index (χ4v) is 0.576. The molecular formula is C7H16N2O. The molecular weight excluding hydrogens is 128 g/mol. The number of carbonyl (C=O) groups is 1. The normalized spacial score (nSPS) is 9.40. The molecule has 0 spiro atoms. The zero-order chi connectivity index (χ0) is 7.82. The van der Waals surface area contributed by atoms with E-state index < -0.39 is 0 Å². The van der Waals surface area contributed by atoms with E-state index >= 15 is 0 Å². The summed E-state index contributed by atoms with van der Waals surface area (Å²) in [7, 11) is 0. The Hall–Kier alpha value is -0.570. The van der Waals surface area contributed by atoms with Crippen molar-refractivity contribution in [3.63, 3.8) is 0 Å². The van der Waals surface area contributed by atoms with Crippen LogP contribution in [0.4, 0.5) is 0 Å². The van der Waals surface area contributed by atoms with Crippen LogP contribution >= 0.6 is 0 Å². The number of hydrogen-bond acceptors (Lipinski definition) is 2. The van der Waals surface area contributed by atoms with Crippen molar-refractivity contribution in [3.05, 3.63) is 0 Å². The third-order valence-corrected chi connectivity index (χ3v) is 1.08. The lowest BCUT2D eigenvalue weighted by Crippen LogP contribution is -2.37. The highest BCUT2D eigenvalue weighted by Gasteiger charge is 1.94. The van der Waals surface area contributed by atoms with Crippen LogP contribution in [0.25, 0.3) is 0 Å². The van der Waals surface area contributed by atoms with E-state index in [1.54, 1.807) is 0 Å². The van der Waals surface area contributed by atoms with Crippen molar-refractivity contribution in [1.82, 2.24) is 10.9 Å². The highest BCUT2D eigenvalue weighted by Crippen LogP contribution is 1.83. The SMILES string of the molecule is CCCNNC(=O)CCC. The Kier molecular flexibility index (Phi) is 6.18. The molecule has 0 fully saturated rings. The first kappa shape index (κ1) is 9.43. The van der Waals surface area contributed by atoms with E-state index in [0.29, 0.717) is 6.42 Å². The van der Waals surface area contributed by atoms with Gasteiger partial charge in [-0.2, -0.15) is 0 Å². The summed E-state index contributed by atoms with van der Waals surface area (Å²) in [5, 5.41) is 0. The summed E-state index contributed by atoms with van der Waals surface area (Å²) in [6, 6.07) is 0. The maximum Gasteiger partial charge on any atom is 0.234 e. The van der Waals surface area contributed by atoms with E-state index in [1.165, 1.54) is 0 Å². The molecule has 0 saturated heterocycles. The molecule has 0 aromatic carbocycles. The minimum atomic E-state index is 0.0796. The largest absolute Gasteiger partial charge is 0.292 e. The molecule has 0 aromatic rings. The zero-order valence-corrected chi connectivity index (χ0v) is 6.74. The van der Waals surface area contributed by atoms with Gasteiger partial charge in [0.25, 0.3) is 0 Å². The van der Waals surface area contributed by atoms with Crippen LogP contribution in [0.3, 0.4) is 0 Å². The molecule has 0 rings (SSSR count). The molecule has 0 radical (unpaired) electrons. The summed E-state index contributed by atoms with van der Waals surface area (Å²) in [6.07, 6.45) is 2.54. The van der Waals surface area contributed by atoms with Crippen LogP contribution in [0.2, 0.25) is 0 Å². The van der Waals surface area contributed by atoms with Crippen LogP contribution in [0.1, 0.15) is 33.1 Å². The second-order valence-electron chi connectivity index (χ2n) is 2.22. The lowest BCUT2D eigenvalue weighted by atomic mass is 10.3. The van der Waals surface area contributed by atoms with E-state index in [-0.39, 0.29) is 5.91 Å². The van der Waals surface area contributed by atoms with Crippen molar-refractivity contribution in [2.24, 2.45) is 0 Å². The first-order valence-electron chi connectivity index (χ1n) is 3.83. The van der Waals surface area contributed by atoms with Crippen molar-refractivity contribution in [2.45, 2.75) is 33.1 Å². The lowest BCUT2D eigenvalue weighted by molar-refractivity contribution is -0.122. The molecule has 0 aliphatic heterocycles. The highest BCUT2D eigenvalue weighted by molar-refractivity contribution is 5.75. The molecule has 60 valence electrons. The summed E-state index contributed by atoms with van der Waals surface area (Å²) >= 11 is 0. The molecule has 3 heteroatoms. The predicted octanol–water partition coefficient (Wildman–Crippen LogP) is 0.817. The Bertz CT molecular complexity index is 93.6. The van der Waals surface area contributed by atoms with Gasteiger partial charge in [0, 0.05) is 13.0 Å². The zero-order valence-electron chi connectivity index (χ0n) is 6.74. The molecule has 0 bridgehead atoms. The number of carbonyl (C=O) groups excluding carboxylic acids is 1. The maximum atomic E-state index is 10.7. The number of hydrazine groups is 1. The molecule has 0 saturated carbocycles. The van der Waals surface area contributed by atoms with Gasteiger partial charge in [-0.1, -0.05) is 13.8 Å². The molecule has 0 heterocycles. The molecule has 1 amide bonds. The van der Waals surface area contributed by atoms with Crippen molar-refractivity contribution in [1.29, 1.82) is 0 Å². The van der Waals surface area contributed by atoms with Gasteiger partial charge in [-0.05, 0) is 12.8 Å². The van der Waals surface area contributed by atoms with Crippen LogP contribution in [0.15, 0.2) is 0 Å². The van der Waals surface area contributed by atoms with Gasteiger partial charge < -0.3 is 0 Å². The van der Waals surface area contributed by atoms with Gasteiger partial charge in [-0.15, -0.1) is 0 Å². The molecule has 0 aliphatic rings. The molecule has 2 N–H and O–H groups in total. The van der Waals surface area contributed by atoms with Crippen molar-refractivity contribution in [3.8, 4) is 0 Å². The summed E-state index contributed by atoms with van der Waals surface area (Å²) in [4.78, 5) is 10.7. The Morgan fingerprint density at radius 1 is 1.30 bits per heavy atom. The summed E-state index contributed by atoms with van der Waals surface area (Å²) < 4.78 is 0. The second kappa shape index (κ2) is 6.55. The van der Waals surface area contributed by atoms with Gasteiger partial charge in [-0.25, -0.2) is 5.43 Å². The topological polar surface area (TPSA) is 41.1 Å². The fraction of sp³-hybridized carbons (Fsp3) is 0.857. The van der Waals surface area contributed by atoms with E-state index in [0.717, 1.165) is 19.4 Å². The average molecular weight is 144 g/mol. The third-order valence-electron chi connectivity index (χ3n) is 1.08. The van der Waals surface area contributed by atoms with Crippen molar-refractivity contribution < 1.29 is 4.79 Å². The van der Waals surface area contributed by atoms with E-state index in [1.807, 2.05) is 6.92 Å².